The van der Waals surface area contributed by atoms with Crippen LogP contribution in [0.15, 0.2) is 71.0 Å². The van der Waals surface area contributed by atoms with Crippen molar-refractivity contribution in [3.63, 3.8) is 0 Å². The molecule has 2 aromatic carbocycles. The van der Waals surface area contributed by atoms with Crippen molar-refractivity contribution in [2.45, 2.75) is 23.3 Å². The average molecular weight is 394 g/mol. The average Bonchev–Trinajstić information content (AvgIpc) is 2.59. The fraction of sp³-hybridized carbons (Fsp3) is 0.118. The molecule has 0 atom stereocenters. The molecule has 0 aliphatic heterocycles. The smallest absolute Gasteiger partial charge is 0.253 e. The number of benzene rings is 2. The highest BCUT2D eigenvalue weighted by atomic mass is 32.3. The van der Waals surface area contributed by atoms with Gasteiger partial charge in [-0.15, -0.1) is 4.13 Å². The van der Waals surface area contributed by atoms with Gasteiger partial charge in [-0.3, -0.25) is 4.79 Å². The summed E-state index contributed by atoms with van der Waals surface area (Å²) >= 11 is 0. The van der Waals surface area contributed by atoms with Crippen molar-refractivity contribution in [3.05, 3.63) is 72.3 Å². The summed E-state index contributed by atoms with van der Waals surface area (Å²) in [6, 6.07) is 11.3. The van der Waals surface area contributed by atoms with E-state index in [-0.39, 0.29) is 22.2 Å². The van der Waals surface area contributed by atoms with Gasteiger partial charge < -0.3 is 5.32 Å². The molecule has 7 nitrogen and oxygen atoms in total. The molecule has 2 N–H and O–H groups in total. The minimum Gasteiger partial charge on any atom is -0.348 e. The summed E-state index contributed by atoms with van der Waals surface area (Å²) in [5.41, 5.74) is 1.51. The number of carbonyl (C=O) groups is 1. The first-order chi connectivity index (χ1) is 12.1. The van der Waals surface area contributed by atoms with E-state index < -0.39 is 20.0 Å². The molecule has 2 aromatic rings. The van der Waals surface area contributed by atoms with Gasteiger partial charge in [0.2, 0.25) is 5.91 Å². The molecule has 9 heteroatoms. The fourth-order valence-electron chi connectivity index (χ4n) is 2.01. The predicted octanol–water partition coefficient (Wildman–Crippen LogP) is 1.46. The Morgan fingerprint density at radius 3 is 1.85 bits per heavy atom. The van der Waals surface area contributed by atoms with Crippen LogP contribution in [0.3, 0.4) is 0 Å². The molecule has 0 spiro atoms. The highest BCUT2D eigenvalue weighted by Crippen LogP contribution is 2.15. The normalized spacial score (nSPS) is 11.7. The minimum atomic E-state index is -4.27. The molecule has 0 aliphatic rings. The number of carbonyl (C=O) groups excluding carboxylic acids is 1. The third kappa shape index (κ3) is 5.01. The standard InChI is InChI=1S/C17H18N2O5S2/c1-3-17(20)18-12-14-6-10-16(11-7-14)26(23,24)19-25(21,22)15-8-4-13(2)5-9-15/h3-11,19H,1,12H2,2H3,(H,18,20). The molecule has 2 rings (SSSR count). The van der Waals surface area contributed by atoms with Crippen molar-refractivity contribution in [1.82, 2.24) is 9.44 Å². The number of nitrogens with one attached hydrogen (secondary N) is 2. The SMILES string of the molecule is C=CC(=O)NCc1ccc(S(=O)(=O)NS(=O)(=O)c2ccc(C)cc2)cc1. The Kier molecular flexibility index (Phi) is 5.96. The summed E-state index contributed by atoms with van der Waals surface area (Å²) in [6.45, 7) is 5.31. The maximum absolute atomic E-state index is 12.3. The Hall–Kier alpha value is -2.49. The maximum Gasteiger partial charge on any atom is 0.253 e. The number of hydrogen-bond acceptors (Lipinski definition) is 5. The van der Waals surface area contributed by atoms with E-state index in [2.05, 4.69) is 11.9 Å². The van der Waals surface area contributed by atoms with E-state index >= 15 is 0 Å². The molecule has 0 bridgehead atoms. The molecular weight excluding hydrogens is 376 g/mol. The molecule has 0 aliphatic carbocycles. The number of hydrogen-bond donors (Lipinski definition) is 2. The van der Waals surface area contributed by atoms with Crippen LogP contribution >= 0.6 is 0 Å². The fourth-order valence-corrected chi connectivity index (χ4v) is 4.92. The van der Waals surface area contributed by atoms with Gasteiger partial charge in [-0.2, -0.15) is 0 Å². The molecule has 138 valence electrons. The highest BCUT2D eigenvalue weighted by molar-refractivity contribution is 8.04. The summed E-state index contributed by atoms with van der Waals surface area (Å²) in [7, 11) is -8.49. The lowest BCUT2D eigenvalue weighted by molar-refractivity contribution is -0.116. The van der Waals surface area contributed by atoms with Gasteiger partial charge in [0.1, 0.15) is 0 Å². The second-order valence-electron chi connectivity index (χ2n) is 5.47. The van der Waals surface area contributed by atoms with Gasteiger partial charge in [0.25, 0.3) is 20.0 Å². The van der Waals surface area contributed by atoms with Crippen LogP contribution in [-0.2, 0) is 31.4 Å². The Balaban J connectivity index is 2.18. The molecule has 0 saturated carbocycles. The quantitative estimate of drug-likeness (QED) is 0.691. The van der Waals surface area contributed by atoms with Gasteiger partial charge >= 0.3 is 0 Å². The first-order valence-electron chi connectivity index (χ1n) is 7.48. The third-order valence-electron chi connectivity index (χ3n) is 3.44. The molecule has 1 amide bonds. The largest absolute Gasteiger partial charge is 0.348 e. The number of aryl methyl sites for hydroxylation is 1. The molecular formula is C17H18N2O5S2. The summed E-state index contributed by atoms with van der Waals surface area (Å²) in [6.07, 6.45) is 1.12. The lowest BCUT2D eigenvalue weighted by atomic mass is 10.2. The first kappa shape index (κ1) is 19.8. The van der Waals surface area contributed by atoms with E-state index in [1.54, 1.807) is 23.2 Å². The van der Waals surface area contributed by atoms with E-state index in [4.69, 9.17) is 0 Å². The van der Waals surface area contributed by atoms with Crippen LogP contribution in [-0.4, -0.2) is 22.7 Å². The van der Waals surface area contributed by atoms with Gasteiger partial charge in [-0.1, -0.05) is 36.4 Å². The van der Waals surface area contributed by atoms with E-state index in [9.17, 15) is 21.6 Å². The monoisotopic (exact) mass is 394 g/mol. The highest BCUT2D eigenvalue weighted by Gasteiger charge is 2.24. The molecule has 0 saturated heterocycles. The van der Waals surface area contributed by atoms with Crippen molar-refractivity contribution in [2.75, 3.05) is 0 Å². The lowest BCUT2D eigenvalue weighted by Crippen LogP contribution is -2.30. The van der Waals surface area contributed by atoms with Crippen LogP contribution in [0.2, 0.25) is 0 Å². The second kappa shape index (κ2) is 7.81. The van der Waals surface area contributed by atoms with E-state index in [0.717, 1.165) is 11.6 Å². The van der Waals surface area contributed by atoms with Crippen LogP contribution < -0.4 is 9.44 Å². The molecule has 0 unspecified atom stereocenters. The third-order valence-corrected chi connectivity index (χ3v) is 6.98. The molecule has 0 aromatic heterocycles. The van der Waals surface area contributed by atoms with E-state index in [1.807, 2.05) is 0 Å². The summed E-state index contributed by atoms with van der Waals surface area (Å²) < 4.78 is 50.9. The van der Waals surface area contributed by atoms with Crippen molar-refractivity contribution >= 4 is 26.0 Å². The van der Waals surface area contributed by atoms with Gasteiger partial charge in [-0.25, -0.2) is 16.8 Å². The van der Waals surface area contributed by atoms with E-state index in [0.29, 0.717) is 5.56 Å². The molecule has 26 heavy (non-hydrogen) atoms. The van der Waals surface area contributed by atoms with Crippen LogP contribution in [0.4, 0.5) is 0 Å². The van der Waals surface area contributed by atoms with Gasteiger partial charge in [0, 0.05) is 6.54 Å². The molecule has 0 heterocycles. The van der Waals surface area contributed by atoms with Crippen molar-refractivity contribution < 1.29 is 21.6 Å². The van der Waals surface area contributed by atoms with Crippen LogP contribution in [0.25, 0.3) is 0 Å². The Bertz CT molecular complexity index is 1010. The lowest BCUT2D eigenvalue weighted by Gasteiger charge is -2.09. The minimum absolute atomic E-state index is 0.143. The zero-order valence-corrected chi connectivity index (χ0v) is 15.6. The summed E-state index contributed by atoms with van der Waals surface area (Å²) in [4.78, 5) is 10.8. The zero-order valence-electron chi connectivity index (χ0n) is 14.0. The Morgan fingerprint density at radius 2 is 1.38 bits per heavy atom. The van der Waals surface area contributed by atoms with Gasteiger partial charge in [-0.05, 0) is 42.8 Å². The number of rotatable bonds is 7. The maximum atomic E-state index is 12.3. The van der Waals surface area contributed by atoms with Crippen molar-refractivity contribution in [2.24, 2.45) is 0 Å². The molecule has 0 radical (unpaired) electrons. The number of sulfonamides is 2. The second-order valence-corrected chi connectivity index (χ2v) is 9.09. The number of amides is 1. The van der Waals surface area contributed by atoms with Crippen molar-refractivity contribution in [3.8, 4) is 0 Å². The van der Waals surface area contributed by atoms with E-state index in [1.165, 1.54) is 36.4 Å². The first-order valence-corrected chi connectivity index (χ1v) is 10.5. The zero-order chi connectivity index (χ0) is 19.4. The predicted molar refractivity (Wildman–Crippen MR) is 97.2 cm³/mol. The molecule has 0 fully saturated rings. The van der Waals surface area contributed by atoms with Crippen molar-refractivity contribution in [1.29, 1.82) is 0 Å². The van der Waals surface area contributed by atoms with Crippen LogP contribution in [0.5, 0.6) is 0 Å². The summed E-state index contributed by atoms with van der Waals surface area (Å²) in [5, 5.41) is 2.55. The van der Waals surface area contributed by atoms with Crippen LogP contribution in [0.1, 0.15) is 11.1 Å². The van der Waals surface area contributed by atoms with Gasteiger partial charge in [0.05, 0.1) is 9.79 Å². The topological polar surface area (TPSA) is 109 Å². The van der Waals surface area contributed by atoms with Gasteiger partial charge in [0.15, 0.2) is 0 Å². The summed E-state index contributed by atoms with van der Waals surface area (Å²) in [5.74, 6) is -0.354. The Morgan fingerprint density at radius 1 is 0.923 bits per heavy atom. The van der Waals surface area contributed by atoms with Crippen LogP contribution in [0, 0.1) is 6.92 Å². The Labute approximate surface area is 152 Å².